The molecule has 3 N–H and O–H groups in total. The Labute approximate surface area is 120 Å². The molecule has 0 aromatic heterocycles. The number of benzene rings is 1. The molecule has 118 valence electrons. The van der Waals surface area contributed by atoms with Gasteiger partial charge in [-0.25, -0.2) is 22.3 Å². The van der Waals surface area contributed by atoms with Gasteiger partial charge in [0, 0.05) is 18.7 Å². The average molecular weight is 323 g/mol. The predicted molar refractivity (Wildman–Crippen MR) is 68.3 cm³/mol. The van der Waals surface area contributed by atoms with Crippen LogP contribution in [0.1, 0.15) is 0 Å². The largest absolute Gasteiger partial charge is 0.493 e. The number of aliphatic carboxylic acids is 1. The number of hydrogen-bond donors (Lipinski definition) is 3. The molecule has 0 bridgehead atoms. The Kier molecular flexibility index (Phi) is 5.47. The first-order valence-corrected chi connectivity index (χ1v) is 7.03. The van der Waals surface area contributed by atoms with Crippen LogP contribution in [0.5, 0.6) is 11.5 Å². The lowest BCUT2D eigenvalue weighted by Gasteiger charge is -2.12. The summed E-state index contributed by atoms with van der Waals surface area (Å²) in [5.74, 6) is -2.73. The summed E-state index contributed by atoms with van der Waals surface area (Å²) >= 11 is 0. The van der Waals surface area contributed by atoms with Crippen LogP contribution in [0.25, 0.3) is 0 Å². The van der Waals surface area contributed by atoms with E-state index in [9.17, 15) is 17.6 Å². The number of rotatable bonds is 7. The quantitative estimate of drug-likeness (QED) is 0.622. The summed E-state index contributed by atoms with van der Waals surface area (Å²) in [5.41, 5.74) is 0. The van der Waals surface area contributed by atoms with Gasteiger partial charge in [0.25, 0.3) is 0 Å². The molecule has 10 heteroatoms. The van der Waals surface area contributed by atoms with Gasteiger partial charge in [-0.3, -0.25) is 0 Å². The number of carboxylic acid groups (broad SMARTS) is 1. The molecule has 8 nitrogen and oxygen atoms in total. The highest BCUT2D eigenvalue weighted by atomic mass is 32.2. The molecule has 0 heterocycles. The molecule has 0 aliphatic carbocycles. The normalized spacial score (nSPS) is 12.8. The molecule has 1 atom stereocenters. The number of aliphatic hydroxyl groups is 1. The van der Waals surface area contributed by atoms with E-state index < -0.39 is 39.4 Å². The molecule has 1 rings (SSSR count). The number of halogens is 1. The first kappa shape index (κ1) is 17.1. The summed E-state index contributed by atoms with van der Waals surface area (Å²) in [6.07, 6.45) is -1.94. The van der Waals surface area contributed by atoms with E-state index in [1.165, 1.54) is 14.2 Å². The van der Waals surface area contributed by atoms with Crippen LogP contribution >= 0.6 is 0 Å². The smallest absolute Gasteiger partial charge is 0.333 e. The van der Waals surface area contributed by atoms with Crippen molar-refractivity contribution in [1.82, 2.24) is 4.72 Å². The van der Waals surface area contributed by atoms with E-state index in [-0.39, 0.29) is 11.5 Å². The lowest BCUT2D eigenvalue weighted by Crippen LogP contribution is -2.36. The maximum Gasteiger partial charge on any atom is 0.333 e. The summed E-state index contributed by atoms with van der Waals surface area (Å²) < 4.78 is 49.1. The third-order valence-electron chi connectivity index (χ3n) is 2.48. The van der Waals surface area contributed by atoms with Gasteiger partial charge in [0.15, 0.2) is 17.6 Å². The Hall–Kier alpha value is -1.91. The van der Waals surface area contributed by atoms with E-state index in [1.54, 1.807) is 4.72 Å². The van der Waals surface area contributed by atoms with Crippen LogP contribution in [-0.4, -0.2) is 51.5 Å². The Morgan fingerprint density at radius 2 is 1.86 bits per heavy atom. The SMILES string of the molecule is COc1cc(F)c(S(=O)(=O)NCC(O)C(=O)O)cc1OC. The summed E-state index contributed by atoms with van der Waals surface area (Å²) in [4.78, 5) is 9.66. The molecule has 0 aliphatic rings. The molecule has 1 unspecified atom stereocenters. The zero-order chi connectivity index (χ0) is 16.2. The van der Waals surface area contributed by atoms with Crippen LogP contribution in [-0.2, 0) is 14.8 Å². The van der Waals surface area contributed by atoms with E-state index in [4.69, 9.17) is 19.7 Å². The van der Waals surface area contributed by atoms with Gasteiger partial charge in [-0.1, -0.05) is 0 Å². The van der Waals surface area contributed by atoms with E-state index in [1.807, 2.05) is 0 Å². The van der Waals surface area contributed by atoms with Crippen molar-refractivity contribution < 1.29 is 37.3 Å². The second-order valence-electron chi connectivity index (χ2n) is 3.84. The maximum atomic E-state index is 13.8. The third-order valence-corrected chi connectivity index (χ3v) is 3.92. The van der Waals surface area contributed by atoms with Gasteiger partial charge < -0.3 is 19.7 Å². The van der Waals surface area contributed by atoms with Crippen LogP contribution < -0.4 is 14.2 Å². The number of methoxy groups -OCH3 is 2. The highest BCUT2D eigenvalue weighted by Gasteiger charge is 2.24. The summed E-state index contributed by atoms with van der Waals surface area (Å²) in [6, 6.07) is 1.71. The minimum atomic E-state index is -4.36. The molecule has 0 saturated heterocycles. The number of carboxylic acids is 1. The molecular weight excluding hydrogens is 309 g/mol. The lowest BCUT2D eigenvalue weighted by molar-refractivity contribution is -0.146. The Morgan fingerprint density at radius 1 is 1.33 bits per heavy atom. The van der Waals surface area contributed by atoms with Crippen LogP contribution in [0.15, 0.2) is 17.0 Å². The van der Waals surface area contributed by atoms with Gasteiger partial charge in [-0.15, -0.1) is 0 Å². The second kappa shape index (κ2) is 6.70. The number of carbonyl (C=O) groups is 1. The number of hydrogen-bond acceptors (Lipinski definition) is 6. The van der Waals surface area contributed by atoms with Crippen molar-refractivity contribution >= 4 is 16.0 Å². The molecule has 0 radical (unpaired) electrons. The van der Waals surface area contributed by atoms with E-state index in [2.05, 4.69) is 0 Å². The predicted octanol–water partition coefficient (Wildman–Crippen LogP) is -0.433. The standard InChI is InChI=1S/C11H14FNO7S/c1-19-8-3-6(12)10(4-9(8)20-2)21(17,18)13-5-7(14)11(15)16/h3-4,7,13-14H,5H2,1-2H3,(H,15,16). The van der Waals surface area contributed by atoms with Crippen LogP contribution in [0.4, 0.5) is 4.39 Å². The van der Waals surface area contributed by atoms with Gasteiger partial charge in [0.05, 0.1) is 14.2 Å². The van der Waals surface area contributed by atoms with Crippen molar-refractivity contribution in [3.8, 4) is 11.5 Å². The Morgan fingerprint density at radius 3 is 2.33 bits per heavy atom. The molecule has 0 fully saturated rings. The number of sulfonamides is 1. The van der Waals surface area contributed by atoms with Crippen molar-refractivity contribution in [3.05, 3.63) is 17.9 Å². The zero-order valence-electron chi connectivity index (χ0n) is 11.2. The van der Waals surface area contributed by atoms with E-state index in [0.29, 0.717) is 0 Å². The number of nitrogens with one attached hydrogen (secondary N) is 1. The van der Waals surface area contributed by atoms with Crippen molar-refractivity contribution in [1.29, 1.82) is 0 Å². The molecule has 0 spiro atoms. The average Bonchev–Trinajstić information content (AvgIpc) is 2.43. The molecule has 1 aromatic carbocycles. The van der Waals surface area contributed by atoms with Gasteiger partial charge in [0.2, 0.25) is 10.0 Å². The van der Waals surface area contributed by atoms with Crippen molar-refractivity contribution in [3.63, 3.8) is 0 Å². The maximum absolute atomic E-state index is 13.8. The Bertz CT molecular complexity index is 632. The molecular formula is C11H14FNO7S. The van der Waals surface area contributed by atoms with Gasteiger partial charge in [-0.2, -0.15) is 0 Å². The van der Waals surface area contributed by atoms with Crippen LogP contribution in [0, 0.1) is 5.82 Å². The monoisotopic (exact) mass is 323 g/mol. The topological polar surface area (TPSA) is 122 Å². The van der Waals surface area contributed by atoms with Gasteiger partial charge in [0.1, 0.15) is 10.7 Å². The zero-order valence-corrected chi connectivity index (χ0v) is 12.0. The molecule has 1 aromatic rings. The minimum absolute atomic E-state index is 0.000444. The van der Waals surface area contributed by atoms with Crippen LogP contribution in [0.3, 0.4) is 0 Å². The number of aliphatic hydroxyl groups excluding tert-OH is 1. The molecule has 0 amide bonds. The third kappa shape index (κ3) is 4.03. The summed E-state index contributed by atoms with van der Waals surface area (Å²) in [6.45, 7) is -0.800. The molecule has 0 saturated carbocycles. The van der Waals surface area contributed by atoms with E-state index >= 15 is 0 Å². The van der Waals surface area contributed by atoms with Crippen molar-refractivity contribution in [2.75, 3.05) is 20.8 Å². The highest BCUT2D eigenvalue weighted by Crippen LogP contribution is 2.31. The summed E-state index contributed by atoms with van der Waals surface area (Å²) in [5, 5.41) is 17.5. The van der Waals surface area contributed by atoms with Gasteiger partial charge in [-0.05, 0) is 0 Å². The Balaban J connectivity index is 3.11. The summed E-state index contributed by atoms with van der Waals surface area (Å²) in [7, 11) is -1.86. The van der Waals surface area contributed by atoms with Crippen molar-refractivity contribution in [2.24, 2.45) is 0 Å². The lowest BCUT2D eigenvalue weighted by atomic mass is 10.3. The van der Waals surface area contributed by atoms with Gasteiger partial charge >= 0.3 is 5.97 Å². The molecule has 21 heavy (non-hydrogen) atoms. The fraction of sp³-hybridized carbons (Fsp3) is 0.364. The second-order valence-corrected chi connectivity index (χ2v) is 5.58. The number of ether oxygens (including phenoxy) is 2. The molecule has 0 aliphatic heterocycles. The minimum Gasteiger partial charge on any atom is -0.493 e. The van der Waals surface area contributed by atoms with E-state index in [0.717, 1.165) is 12.1 Å². The first-order chi connectivity index (χ1) is 9.72. The fourth-order valence-corrected chi connectivity index (χ4v) is 2.51. The fourth-order valence-electron chi connectivity index (χ4n) is 1.40. The first-order valence-electron chi connectivity index (χ1n) is 5.55. The highest BCUT2D eigenvalue weighted by molar-refractivity contribution is 7.89. The van der Waals surface area contributed by atoms with Crippen molar-refractivity contribution in [2.45, 2.75) is 11.0 Å². The van der Waals surface area contributed by atoms with Crippen LogP contribution in [0.2, 0.25) is 0 Å².